The summed E-state index contributed by atoms with van der Waals surface area (Å²) in [6.07, 6.45) is 0. The quantitative estimate of drug-likeness (QED) is 0.231. The monoisotopic (exact) mass is 335 g/mol. The van der Waals surface area contributed by atoms with Gasteiger partial charge in [0, 0.05) is 15.5 Å². The SMILES string of the molecule is [N-]=[N+]=N/C(=N\NS(=O)(=O)c1ccccc1)c1ccc(Cl)cc1. The number of azide groups is 1. The average molecular weight is 336 g/mol. The maximum atomic E-state index is 12.1. The minimum Gasteiger partial charge on any atom is -0.200 e. The minimum atomic E-state index is -3.84. The maximum absolute atomic E-state index is 12.1. The van der Waals surface area contributed by atoms with Crippen LogP contribution in [0, 0.1) is 0 Å². The van der Waals surface area contributed by atoms with E-state index in [9.17, 15) is 8.42 Å². The van der Waals surface area contributed by atoms with Gasteiger partial charge in [0.05, 0.1) is 4.90 Å². The second-order valence-corrected chi connectivity index (χ2v) is 6.14. The number of amidine groups is 1. The number of hydrogen-bond donors (Lipinski definition) is 1. The molecule has 0 aliphatic carbocycles. The molecule has 2 rings (SSSR count). The van der Waals surface area contributed by atoms with Crippen LogP contribution in [0.5, 0.6) is 0 Å². The molecule has 2 aromatic rings. The molecule has 22 heavy (non-hydrogen) atoms. The van der Waals surface area contributed by atoms with Crippen LogP contribution in [0.25, 0.3) is 10.4 Å². The number of sulfonamides is 1. The summed E-state index contributed by atoms with van der Waals surface area (Å²) in [6, 6.07) is 14.0. The first-order chi connectivity index (χ1) is 10.5. The summed E-state index contributed by atoms with van der Waals surface area (Å²) < 4.78 is 24.1. The number of nitrogens with one attached hydrogen (secondary N) is 1. The number of hydrogen-bond acceptors (Lipinski definition) is 3. The Hall–Kier alpha value is -2.54. The van der Waals surface area contributed by atoms with Crippen molar-refractivity contribution < 1.29 is 8.42 Å². The summed E-state index contributed by atoms with van der Waals surface area (Å²) >= 11 is 5.77. The molecule has 0 unspecified atom stereocenters. The van der Waals surface area contributed by atoms with Crippen molar-refractivity contribution in [2.75, 3.05) is 0 Å². The topological polar surface area (TPSA) is 107 Å². The molecular weight excluding hydrogens is 326 g/mol. The van der Waals surface area contributed by atoms with Gasteiger partial charge in [-0.1, -0.05) is 41.9 Å². The fraction of sp³-hybridized carbons (Fsp3) is 0. The van der Waals surface area contributed by atoms with Crippen LogP contribution in [0.1, 0.15) is 5.56 Å². The Morgan fingerprint density at radius 2 is 1.73 bits per heavy atom. The first kappa shape index (κ1) is 15.8. The molecule has 0 aliphatic rings. The zero-order chi connectivity index (χ0) is 16.0. The van der Waals surface area contributed by atoms with Crippen molar-refractivity contribution in [3.05, 3.63) is 75.6 Å². The van der Waals surface area contributed by atoms with Crippen molar-refractivity contribution in [1.29, 1.82) is 0 Å². The number of halogens is 1. The van der Waals surface area contributed by atoms with E-state index in [4.69, 9.17) is 17.1 Å². The largest absolute Gasteiger partial charge is 0.276 e. The normalized spacial score (nSPS) is 11.6. The summed E-state index contributed by atoms with van der Waals surface area (Å²) in [5, 5.41) is 7.55. The fourth-order valence-corrected chi connectivity index (χ4v) is 2.50. The lowest BCUT2D eigenvalue weighted by atomic mass is 10.2. The van der Waals surface area contributed by atoms with Crippen molar-refractivity contribution in [3.8, 4) is 0 Å². The highest BCUT2D eigenvalue weighted by Crippen LogP contribution is 2.12. The van der Waals surface area contributed by atoms with Crippen LogP contribution >= 0.6 is 11.6 Å². The van der Waals surface area contributed by atoms with Gasteiger partial charge in [0.25, 0.3) is 10.0 Å². The first-order valence-corrected chi connectivity index (χ1v) is 7.84. The lowest BCUT2D eigenvalue weighted by Crippen LogP contribution is -2.20. The highest BCUT2D eigenvalue weighted by molar-refractivity contribution is 7.89. The number of benzene rings is 2. The fourth-order valence-electron chi connectivity index (χ4n) is 1.54. The van der Waals surface area contributed by atoms with Gasteiger partial charge in [-0.15, -0.1) is 0 Å². The van der Waals surface area contributed by atoms with Crippen molar-refractivity contribution in [3.63, 3.8) is 0 Å². The van der Waals surface area contributed by atoms with Crippen LogP contribution in [-0.2, 0) is 10.0 Å². The molecule has 0 amide bonds. The van der Waals surface area contributed by atoms with Crippen LogP contribution in [0.4, 0.5) is 0 Å². The Morgan fingerprint density at radius 1 is 1.09 bits per heavy atom. The van der Waals surface area contributed by atoms with Gasteiger partial charge in [-0.25, -0.2) is 0 Å². The molecule has 0 aliphatic heterocycles. The van der Waals surface area contributed by atoms with Crippen LogP contribution < -0.4 is 4.83 Å². The molecule has 0 radical (unpaired) electrons. The van der Waals surface area contributed by atoms with Crippen molar-refractivity contribution in [2.45, 2.75) is 4.90 Å². The molecule has 112 valence electrons. The van der Waals surface area contributed by atoms with Gasteiger partial charge in [0.1, 0.15) is 0 Å². The highest BCUT2D eigenvalue weighted by atomic mass is 35.5. The number of nitrogens with zero attached hydrogens (tertiary/aromatic N) is 4. The molecule has 0 saturated heterocycles. The molecule has 0 heterocycles. The third-order valence-electron chi connectivity index (χ3n) is 2.57. The second kappa shape index (κ2) is 6.95. The molecule has 2 aromatic carbocycles. The van der Waals surface area contributed by atoms with E-state index in [0.29, 0.717) is 10.6 Å². The molecule has 0 saturated carbocycles. The third-order valence-corrected chi connectivity index (χ3v) is 4.04. The van der Waals surface area contributed by atoms with Gasteiger partial charge in [-0.2, -0.15) is 18.4 Å². The number of hydrazone groups is 1. The molecule has 1 N–H and O–H groups in total. The van der Waals surface area contributed by atoms with E-state index in [1.807, 2.05) is 4.83 Å². The Balaban J connectivity index is 2.32. The summed E-state index contributed by atoms with van der Waals surface area (Å²) in [6.45, 7) is 0. The van der Waals surface area contributed by atoms with Crippen molar-refractivity contribution >= 4 is 27.5 Å². The van der Waals surface area contributed by atoms with Gasteiger partial charge in [-0.05, 0) is 34.9 Å². The summed E-state index contributed by atoms with van der Waals surface area (Å²) in [4.78, 5) is 4.72. The smallest absolute Gasteiger partial charge is 0.200 e. The van der Waals surface area contributed by atoms with E-state index in [2.05, 4.69) is 15.1 Å². The molecule has 0 bridgehead atoms. The predicted octanol–water partition coefficient (Wildman–Crippen LogP) is 3.29. The molecule has 0 atom stereocenters. The van der Waals surface area contributed by atoms with E-state index < -0.39 is 10.0 Å². The van der Waals surface area contributed by atoms with E-state index in [1.165, 1.54) is 12.1 Å². The molecule has 9 heteroatoms. The molecule has 0 spiro atoms. The lowest BCUT2D eigenvalue weighted by molar-refractivity contribution is 0.584. The first-order valence-electron chi connectivity index (χ1n) is 5.98. The Kier molecular flexibility index (Phi) is 5.00. The van der Waals surface area contributed by atoms with Gasteiger partial charge < -0.3 is 0 Å². The Bertz CT molecular complexity index is 828. The van der Waals surface area contributed by atoms with Gasteiger partial charge in [-0.3, -0.25) is 0 Å². The van der Waals surface area contributed by atoms with Crippen LogP contribution in [0.3, 0.4) is 0 Å². The Morgan fingerprint density at radius 3 is 2.32 bits per heavy atom. The van der Waals surface area contributed by atoms with Crippen LogP contribution in [0.2, 0.25) is 5.02 Å². The van der Waals surface area contributed by atoms with E-state index in [1.54, 1.807) is 42.5 Å². The van der Waals surface area contributed by atoms with Gasteiger partial charge >= 0.3 is 0 Å². The molecule has 0 fully saturated rings. The summed E-state index contributed by atoms with van der Waals surface area (Å²) in [5.41, 5.74) is 9.00. The van der Waals surface area contributed by atoms with Crippen LogP contribution in [0.15, 0.2) is 69.7 Å². The zero-order valence-electron chi connectivity index (χ0n) is 11.1. The highest BCUT2D eigenvalue weighted by Gasteiger charge is 2.12. The van der Waals surface area contributed by atoms with Crippen molar-refractivity contribution in [2.24, 2.45) is 10.2 Å². The van der Waals surface area contributed by atoms with E-state index in [0.717, 1.165) is 0 Å². The van der Waals surface area contributed by atoms with Gasteiger partial charge in [0.2, 0.25) is 0 Å². The Labute approximate surface area is 131 Å². The molecule has 7 nitrogen and oxygen atoms in total. The third kappa shape index (κ3) is 3.98. The summed E-state index contributed by atoms with van der Waals surface area (Å²) in [5.74, 6) is -0.112. The lowest BCUT2D eigenvalue weighted by Gasteiger charge is -2.05. The standard InChI is InChI=1S/C13H10ClN5O2S/c14-11-8-6-10(7-9-11)13(16-18-15)17-19-22(20,21)12-4-2-1-3-5-12/h1-9,19H/b17-13-. The molecule has 0 aromatic heterocycles. The van der Waals surface area contributed by atoms with E-state index in [-0.39, 0.29) is 10.7 Å². The van der Waals surface area contributed by atoms with Crippen LogP contribution in [-0.4, -0.2) is 14.3 Å². The second-order valence-electron chi connectivity index (χ2n) is 4.04. The predicted molar refractivity (Wildman–Crippen MR) is 83.9 cm³/mol. The maximum Gasteiger partial charge on any atom is 0.276 e. The molecular formula is C13H10ClN5O2S. The summed E-state index contributed by atoms with van der Waals surface area (Å²) in [7, 11) is -3.84. The van der Waals surface area contributed by atoms with E-state index >= 15 is 0 Å². The van der Waals surface area contributed by atoms with Gasteiger partial charge in [0.15, 0.2) is 5.84 Å². The number of rotatable bonds is 4. The van der Waals surface area contributed by atoms with Crippen molar-refractivity contribution in [1.82, 2.24) is 4.83 Å². The zero-order valence-corrected chi connectivity index (χ0v) is 12.7. The minimum absolute atomic E-state index is 0.0511. The average Bonchev–Trinajstić information content (AvgIpc) is 2.53.